The quantitative estimate of drug-likeness (QED) is 0.855. The third-order valence-corrected chi connectivity index (χ3v) is 4.52. The number of fused-ring (bicyclic) bond motifs is 1. The van der Waals surface area contributed by atoms with E-state index in [0.717, 1.165) is 15.4 Å². The second-order valence-electron chi connectivity index (χ2n) is 5.85. The fourth-order valence-electron chi connectivity index (χ4n) is 3.00. The Labute approximate surface area is 135 Å². The Morgan fingerprint density at radius 1 is 1.41 bits per heavy atom. The summed E-state index contributed by atoms with van der Waals surface area (Å²) < 4.78 is 0.867. The van der Waals surface area contributed by atoms with Gasteiger partial charge in [0, 0.05) is 22.9 Å². The standard InChI is InChI=1S/C15H16BrN3O3/c1-8-4-9(15(21)22)7-19(6-8)14(20)13-11-5-10(16)2-3-12(11)17-18-13/h2-3,5,8-9H,4,6-7H2,1H3,(H,17,18)(H,21,22). The van der Waals surface area contributed by atoms with Crippen LogP contribution in [0, 0.1) is 11.8 Å². The molecule has 0 bridgehead atoms. The number of likely N-dealkylation sites (tertiary alicyclic amines) is 1. The molecule has 0 radical (unpaired) electrons. The highest BCUT2D eigenvalue weighted by atomic mass is 79.9. The van der Waals surface area contributed by atoms with Crippen molar-refractivity contribution >= 4 is 38.7 Å². The predicted octanol–water partition coefficient (Wildman–Crippen LogP) is 2.51. The first kappa shape index (κ1) is 15.0. The zero-order valence-electron chi connectivity index (χ0n) is 12.0. The van der Waals surface area contributed by atoms with Crippen LogP contribution in [0.1, 0.15) is 23.8 Å². The van der Waals surface area contributed by atoms with Crippen LogP contribution in [-0.4, -0.2) is 45.2 Å². The Hall–Kier alpha value is -1.89. The first-order valence-corrected chi connectivity index (χ1v) is 7.90. The van der Waals surface area contributed by atoms with Gasteiger partial charge in [0.05, 0.1) is 11.4 Å². The van der Waals surface area contributed by atoms with Gasteiger partial charge in [0.25, 0.3) is 5.91 Å². The van der Waals surface area contributed by atoms with Crippen LogP contribution in [0.15, 0.2) is 22.7 Å². The van der Waals surface area contributed by atoms with Crippen LogP contribution in [0.4, 0.5) is 0 Å². The van der Waals surface area contributed by atoms with E-state index in [1.807, 2.05) is 25.1 Å². The van der Waals surface area contributed by atoms with Crippen LogP contribution in [0.25, 0.3) is 10.9 Å². The number of carbonyl (C=O) groups is 2. The molecule has 6 nitrogen and oxygen atoms in total. The maximum atomic E-state index is 12.7. The maximum absolute atomic E-state index is 12.7. The lowest BCUT2D eigenvalue weighted by Gasteiger charge is -2.34. The molecule has 22 heavy (non-hydrogen) atoms. The highest BCUT2D eigenvalue weighted by Gasteiger charge is 2.33. The van der Waals surface area contributed by atoms with Crippen molar-refractivity contribution in [1.29, 1.82) is 0 Å². The number of piperidine rings is 1. The van der Waals surface area contributed by atoms with E-state index < -0.39 is 11.9 Å². The predicted molar refractivity (Wildman–Crippen MR) is 84.6 cm³/mol. The first-order valence-electron chi connectivity index (χ1n) is 7.11. The molecule has 116 valence electrons. The number of aliphatic carboxylic acids is 1. The molecular formula is C15H16BrN3O3. The molecule has 2 aromatic rings. The molecule has 2 N–H and O–H groups in total. The monoisotopic (exact) mass is 365 g/mol. The Balaban J connectivity index is 1.91. The van der Waals surface area contributed by atoms with Gasteiger partial charge in [-0.3, -0.25) is 14.7 Å². The van der Waals surface area contributed by atoms with Crippen LogP contribution < -0.4 is 0 Å². The molecule has 1 amide bonds. The zero-order chi connectivity index (χ0) is 15.9. The van der Waals surface area contributed by atoms with Gasteiger partial charge in [0.2, 0.25) is 0 Å². The van der Waals surface area contributed by atoms with Gasteiger partial charge in [0.1, 0.15) is 0 Å². The van der Waals surface area contributed by atoms with Gasteiger partial charge in [-0.25, -0.2) is 0 Å². The third kappa shape index (κ3) is 2.72. The van der Waals surface area contributed by atoms with Crippen molar-refractivity contribution < 1.29 is 14.7 Å². The second kappa shape index (κ2) is 5.72. The van der Waals surface area contributed by atoms with E-state index in [9.17, 15) is 14.7 Å². The second-order valence-corrected chi connectivity index (χ2v) is 6.76. The van der Waals surface area contributed by atoms with Gasteiger partial charge >= 0.3 is 5.97 Å². The van der Waals surface area contributed by atoms with Crippen molar-refractivity contribution in [1.82, 2.24) is 15.1 Å². The lowest BCUT2D eigenvalue weighted by molar-refractivity contribution is -0.143. The number of aromatic amines is 1. The van der Waals surface area contributed by atoms with Crippen molar-refractivity contribution in [3.8, 4) is 0 Å². The number of carboxylic acid groups (broad SMARTS) is 1. The summed E-state index contributed by atoms with van der Waals surface area (Å²) in [4.78, 5) is 25.6. The zero-order valence-corrected chi connectivity index (χ0v) is 13.6. The molecule has 0 spiro atoms. The number of H-pyrrole nitrogens is 1. The number of halogens is 1. The van der Waals surface area contributed by atoms with E-state index in [0.29, 0.717) is 18.7 Å². The molecule has 1 aliphatic heterocycles. The average Bonchev–Trinajstić information content (AvgIpc) is 2.88. The van der Waals surface area contributed by atoms with E-state index in [2.05, 4.69) is 26.1 Å². The number of benzene rings is 1. The van der Waals surface area contributed by atoms with Crippen molar-refractivity contribution in [2.45, 2.75) is 13.3 Å². The van der Waals surface area contributed by atoms with Crippen molar-refractivity contribution in [3.63, 3.8) is 0 Å². The topological polar surface area (TPSA) is 86.3 Å². The molecule has 3 rings (SSSR count). The number of nitrogens with zero attached hydrogens (tertiary/aromatic N) is 2. The number of rotatable bonds is 2. The summed E-state index contributed by atoms with van der Waals surface area (Å²) >= 11 is 3.39. The minimum absolute atomic E-state index is 0.163. The molecule has 0 aliphatic carbocycles. The van der Waals surface area contributed by atoms with E-state index in [1.165, 1.54) is 0 Å². The van der Waals surface area contributed by atoms with Gasteiger partial charge in [-0.2, -0.15) is 5.10 Å². The van der Waals surface area contributed by atoms with Crippen LogP contribution in [-0.2, 0) is 4.79 Å². The highest BCUT2D eigenvalue weighted by Crippen LogP contribution is 2.26. The van der Waals surface area contributed by atoms with Crippen molar-refractivity contribution in [3.05, 3.63) is 28.4 Å². The summed E-state index contributed by atoms with van der Waals surface area (Å²) in [7, 11) is 0. The number of amides is 1. The summed E-state index contributed by atoms with van der Waals surface area (Å²) in [5, 5.41) is 16.9. The summed E-state index contributed by atoms with van der Waals surface area (Å²) in [5.74, 6) is -1.42. The smallest absolute Gasteiger partial charge is 0.308 e. The summed E-state index contributed by atoms with van der Waals surface area (Å²) in [6, 6.07) is 5.56. The summed E-state index contributed by atoms with van der Waals surface area (Å²) in [6.07, 6.45) is 0.603. The normalized spacial score (nSPS) is 22.0. The average molecular weight is 366 g/mol. The minimum atomic E-state index is -0.848. The number of aromatic nitrogens is 2. The van der Waals surface area contributed by atoms with Crippen molar-refractivity contribution in [2.75, 3.05) is 13.1 Å². The van der Waals surface area contributed by atoms with Crippen LogP contribution in [0.3, 0.4) is 0 Å². The molecule has 1 aromatic carbocycles. The molecule has 2 atom stereocenters. The van der Waals surface area contributed by atoms with Crippen LogP contribution >= 0.6 is 15.9 Å². The Kier molecular flexibility index (Phi) is 3.90. The minimum Gasteiger partial charge on any atom is -0.481 e. The van der Waals surface area contributed by atoms with E-state index in [4.69, 9.17) is 0 Å². The molecule has 7 heteroatoms. The number of hydrogen-bond donors (Lipinski definition) is 2. The van der Waals surface area contributed by atoms with Gasteiger partial charge in [-0.15, -0.1) is 0 Å². The number of carboxylic acids is 1. The van der Waals surface area contributed by atoms with Gasteiger partial charge in [-0.1, -0.05) is 22.9 Å². The molecule has 1 aromatic heterocycles. The summed E-state index contributed by atoms with van der Waals surface area (Å²) in [5.41, 5.74) is 1.13. The molecule has 1 aliphatic rings. The SMILES string of the molecule is CC1CC(C(=O)O)CN(C(=O)c2n[nH]c3ccc(Br)cc23)C1. The summed E-state index contributed by atoms with van der Waals surface area (Å²) in [6.45, 7) is 2.76. The Morgan fingerprint density at radius 3 is 2.91 bits per heavy atom. The lowest BCUT2D eigenvalue weighted by Crippen LogP contribution is -2.45. The van der Waals surface area contributed by atoms with Crippen LogP contribution in [0.2, 0.25) is 0 Å². The first-order chi connectivity index (χ1) is 10.5. The highest BCUT2D eigenvalue weighted by molar-refractivity contribution is 9.10. The molecular weight excluding hydrogens is 350 g/mol. The number of hydrogen-bond acceptors (Lipinski definition) is 3. The Bertz CT molecular complexity index is 743. The van der Waals surface area contributed by atoms with Crippen LogP contribution in [0.5, 0.6) is 0 Å². The van der Waals surface area contributed by atoms with Gasteiger partial charge in [0.15, 0.2) is 5.69 Å². The van der Waals surface area contributed by atoms with Crippen molar-refractivity contribution in [2.24, 2.45) is 11.8 Å². The number of nitrogens with one attached hydrogen (secondary N) is 1. The molecule has 2 unspecified atom stereocenters. The molecule has 2 heterocycles. The Morgan fingerprint density at radius 2 is 2.18 bits per heavy atom. The third-order valence-electron chi connectivity index (χ3n) is 4.02. The van der Waals surface area contributed by atoms with Gasteiger partial charge < -0.3 is 10.0 Å². The lowest BCUT2D eigenvalue weighted by atomic mass is 9.90. The molecule has 1 fully saturated rings. The van der Waals surface area contributed by atoms with E-state index >= 15 is 0 Å². The van der Waals surface area contributed by atoms with Gasteiger partial charge in [-0.05, 0) is 30.5 Å². The molecule has 0 saturated carbocycles. The fourth-order valence-corrected chi connectivity index (χ4v) is 3.36. The van der Waals surface area contributed by atoms with E-state index in [-0.39, 0.29) is 18.4 Å². The number of carbonyl (C=O) groups excluding carboxylic acids is 1. The fraction of sp³-hybridized carbons (Fsp3) is 0.400. The maximum Gasteiger partial charge on any atom is 0.308 e. The largest absolute Gasteiger partial charge is 0.481 e. The van der Waals surface area contributed by atoms with E-state index in [1.54, 1.807) is 4.90 Å². The molecule has 1 saturated heterocycles.